The van der Waals surface area contributed by atoms with Gasteiger partial charge in [-0.25, -0.2) is 0 Å². The van der Waals surface area contributed by atoms with E-state index in [9.17, 15) is 0 Å². The Morgan fingerprint density at radius 3 is 1.50 bits per heavy atom. The van der Waals surface area contributed by atoms with E-state index in [0.29, 0.717) is 0 Å². The van der Waals surface area contributed by atoms with E-state index < -0.39 is 0 Å². The minimum absolute atomic E-state index is 1.17. The molecule has 0 N–H and O–H groups in total. The van der Waals surface area contributed by atoms with Crippen LogP contribution in [0, 0.1) is 0 Å². The Balaban J connectivity index is 1.21. The van der Waals surface area contributed by atoms with Gasteiger partial charge >= 0.3 is 0 Å². The number of rotatable bonds is 3. The molecule has 2 heteroatoms. The van der Waals surface area contributed by atoms with Gasteiger partial charge in [-0.05, 0) is 87.3 Å². The molecule has 0 aliphatic rings. The quantitative estimate of drug-likeness (QED) is 0.195. The summed E-state index contributed by atoms with van der Waals surface area (Å²) in [7, 11) is 0. The summed E-state index contributed by atoms with van der Waals surface area (Å²) in [5.41, 5.74) is 9.69. The molecule has 0 saturated carbocycles. The standard InChI is InChI=1S/C44H28N2/c1-3-12-33(13-4-1)45-39-18-10-9-17-37(39)44-36-23-19-30(27-32(36)22-26-40(44)45)31-20-24-38-42(28-31)46(34-14-5-2-6-15-34)41-25-21-29-11-7-8-16-35(29)43(38)41/h1-28H. The molecule has 0 amide bonds. The number of aromatic nitrogens is 2. The zero-order chi connectivity index (χ0) is 30.2. The van der Waals surface area contributed by atoms with Crippen LogP contribution in [0.3, 0.4) is 0 Å². The van der Waals surface area contributed by atoms with E-state index in [4.69, 9.17) is 0 Å². The van der Waals surface area contributed by atoms with E-state index in [-0.39, 0.29) is 0 Å². The summed E-state index contributed by atoms with van der Waals surface area (Å²) in [6, 6.07) is 61.9. The first-order valence-electron chi connectivity index (χ1n) is 15.9. The third kappa shape index (κ3) is 3.59. The zero-order valence-corrected chi connectivity index (χ0v) is 25.1. The Bertz CT molecular complexity index is 2780. The summed E-state index contributed by atoms with van der Waals surface area (Å²) in [4.78, 5) is 0. The number of para-hydroxylation sites is 3. The van der Waals surface area contributed by atoms with Crippen molar-refractivity contribution in [1.82, 2.24) is 9.13 Å². The first kappa shape index (κ1) is 25.2. The van der Waals surface area contributed by atoms with Crippen molar-refractivity contribution in [2.24, 2.45) is 0 Å². The Morgan fingerprint density at radius 1 is 0.283 bits per heavy atom. The lowest BCUT2D eigenvalue weighted by Gasteiger charge is -2.10. The van der Waals surface area contributed by atoms with Gasteiger partial charge in [0.05, 0.1) is 22.1 Å². The minimum Gasteiger partial charge on any atom is -0.309 e. The average molecular weight is 585 g/mol. The van der Waals surface area contributed by atoms with E-state index in [1.807, 2.05) is 0 Å². The van der Waals surface area contributed by atoms with Crippen molar-refractivity contribution in [2.45, 2.75) is 0 Å². The van der Waals surface area contributed by atoms with Crippen LogP contribution in [0.15, 0.2) is 170 Å². The molecule has 0 spiro atoms. The van der Waals surface area contributed by atoms with Crippen molar-refractivity contribution in [3.63, 3.8) is 0 Å². The Labute approximate surface area is 266 Å². The van der Waals surface area contributed by atoms with E-state index in [1.165, 1.54) is 87.7 Å². The number of fused-ring (bicyclic) bond motifs is 10. The molecule has 214 valence electrons. The SMILES string of the molecule is c1ccc(-n2c3ccccc3c3c4ccc(-c5ccc6c7c8ccccc8ccc7n(-c7ccccc7)c6c5)cc4ccc32)cc1. The van der Waals surface area contributed by atoms with Gasteiger partial charge in [0, 0.05) is 32.9 Å². The Hall–Kier alpha value is -6.12. The number of hydrogen-bond donors (Lipinski definition) is 0. The van der Waals surface area contributed by atoms with Gasteiger partial charge in [0.25, 0.3) is 0 Å². The van der Waals surface area contributed by atoms with Crippen LogP contribution in [0.1, 0.15) is 0 Å². The molecule has 2 heterocycles. The molecule has 0 aliphatic carbocycles. The summed E-state index contributed by atoms with van der Waals surface area (Å²) in [6.07, 6.45) is 0. The fraction of sp³-hybridized carbons (Fsp3) is 0. The summed E-state index contributed by atoms with van der Waals surface area (Å²) in [5, 5.41) is 10.2. The molecule has 10 rings (SSSR count). The second-order valence-electron chi connectivity index (χ2n) is 12.2. The fourth-order valence-electron chi connectivity index (χ4n) is 7.65. The third-order valence-electron chi connectivity index (χ3n) is 9.67. The highest BCUT2D eigenvalue weighted by Gasteiger charge is 2.17. The van der Waals surface area contributed by atoms with E-state index in [1.54, 1.807) is 0 Å². The van der Waals surface area contributed by atoms with Crippen molar-refractivity contribution in [1.29, 1.82) is 0 Å². The molecule has 0 aliphatic heterocycles. The second kappa shape index (κ2) is 9.69. The van der Waals surface area contributed by atoms with Gasteiger partial charge in [0.1, 0.15) is 0 Å². The van der Waals surface area contributed by atoms with Crippen molar-refractivity contribution in [3.05, 3.63) is 170 Å². The minimum atomic E-state index is 1.17. The fourth-order valence-corrected chi connectivity index (χ4v) is 7.65. The zero-order valence-electron chi connectivity index (χ0n) is 25.1. The second-order valence-corrected chi connectivity index (χ2v) is 12.2. The predicted molar refractivity (Wildman–Crippen MR) is 196 cm³/mol. The van der Waals surface area contributed by atoms with Crippen LogP contribution in [-0.4, -0.2) is 9.13 Å². The molecule has 0 bridgehead atoms. The van der Waals surface area contributed by atoms with Crippen LogP contribution in [0.4, 0.5) is 0 Å². The van der Waals surface area contributed by atoms with Crippen molar-refractivity contribution in [2.75, 3.05) is 0 Å². The van der Waals surface area contributed by atoms with E-state index >= 15 is 0 Å². The van der Waals surface area contributed by atoms with Crippen molar-refractivity contribution in [3.8, 4) is 22.5 Å². The van der Waals surface area contributed by atoms with Crippen LogP contribution in [0.25, 0.3) is 87.7 Å². The van der Waals surface area contributed by atoms with Gasteiger partial charge < -0.3 is 9.13 Å². The highest BCUT2D eigenvalue weighted by atomic mass is 15.0. The largest absolute Gasteiger partial charge is 0.309 e. The molecule has 10 aromatic rings. The van der Waals surface area contributed by atoms with Crippen molar-refractivity contribution >= 4 is 65.2 Å². The highest BCUT2D eigenvalue weighted by molar-refractivity contribution is 6.23. The maximum atomic E-state index is 2.42. The van der Waals surface area contributed by atoms with Gasteiger partial charge in [-0.15, -0.1) is 0 Å². The summed E-state index contributed by atoms with van der Waals surface area (Å²) in [5.74, 6) is 0. The summed E-state index contributed by atoms with van der Waals surface area (Å²) in [6.45, 7) is 0. The lowest BCUT2D eigenvalue weighted by molar-refractivity contribution is 1.18. The lowest BCUT2D eigenvalue weighted by Crippen LogP contribution is -1.93. The molecule has 0 fully saturated rings. The van der Waals surface area contributed by atoms with E-state index in [0.717, 1.165) is 0 Å². The molecule has 0 saturated heterocycles. The molecule has 0 radical (unpaired) electrons. The monoisotopic (exact) mass is 584 g/mol. The Kier molecular flexibility index (Phi) is 5.31. The normalized spacial score (nSPS) is 11.9. The summed E-state index contributed by atoms with van der Waals surface area (Å²) >= 11 is 0. The first-order chi connectivity index (χ1) is 22.8. The molecule has 0 atom stereocenters. The molecule has 46 heavy (non-hydrogen) atoms. The van der Waals surface area contributed by atoms with Crippen LogP contribution in [0.5, 0.6) is 0 Å². The summed E-state index contributed by atoms with van der Waals surface area (Å²) < 4.78 is 4.81. The van der Waals surface area contributed by atoms with Gasteiger partial charge in [-0.2, -0.15) is 0 Å². The molecular weight excluding hydrogens is 556 g/mol. The Morgan fingerprint density at radius 2 is 0.783 bits per heavy atom. The molecule has 0 unspecified atom stereocenters. The number of nitrogens with zero attached hydrogens (tertiary/aromatic N) is 2. The van der Waals surface area contributed by atoms with Crippen LogP contribution in [0.2, 0.25) is 0 Å². The molecule has 2 nitrogen and oxygen atoms in total. The average Bonchev–Trinajstić information content (AvgIpc) is 3.65. The predicted octanol–water partition coefficient (Wildman–Crippen LogP) is 11.9. The maximum absolute atomic E-state index is 2.42. The van der Waals surface area contributed by atoms with Crippen LogP contribution < -0.4 is 0 Å². The third-order valence-corrected chi connectivity index (χ3v) is 9.67. The molecular formula is C44H28N2. The molecule has 2 aromatic heterocycles. The van der Waals surface area contributed by atoms with Gasteiger partial charge in [-0.3, -0.25) is 0 Å². The van der Waals surface area contributed by atoms with Gasteiger partial charge in [0.15, 0.2) is 0 Å². The molecule has 8 aromatic carbocycles. The number of benzene rings is 8. The van der Waals surface area contributed by atoms with Gasteiger partial charge in [0.2, 0.25) is 0 Å². The van der Waals surface area contributed by atoms with Crippen LogP contribution >= 0.6 is 0 Å². The van der Waals surface area contributed by atoms with Crippen LogP contribution in [-0.2, 0) is 0 Å². The number of hydrogen-bond acceptors (Lipinski definition) is 0. The van der Waals surface area contributed by atoms with Gasteiger partial charge in [-0.1, -0.05) is 115 Å². The topological polar surface area (TPSA) is 9.86 Å². The first-order valence-corrected chi connectivity index (χ1v) is 15.9. The highest BCUT2D eigenvalue weighted by Crippen LogP contribution is 2.41. The van der Waals surface area contributed by atoms with Crippen molar-refractivity contribution < 1.29 is 0 Å². The lowest BCUT2D eigenvalue weighted by atomic mass is 9.97. The smallest absolute Gasteiger partial charge is 0.0547 e. The van der Waals surface area contributed by atoms with E-state index in [2.05, 4.69) is 179 Å². The maximum Gasteiger partial charge on any atom is 0.0547 e.